The zero-order chi connectivity index (χ0) is 11.9. The molecular weight excluding hydrogens is 202 g/mol. The van der Waals surface area contributed by atoms with Crippen LogP contribution in [0.1, 0.15) is 32.2 Å². The summed E-state index contributed by atoms with van der Waals surface area (Å²) < 4.78 is 27.6. The van der Waals surface area contributed by atoms with Gasteiger partial charge in [0, 0.05) is 12.5 Å². The van der Waals surface area contributed by atoms with Crippen molar-refractivity contribution in [3.8, 4) is 0 Å². The van der Waals surface area contributed by atoms with Crippen LogP contribution in [0.25, 0.3) is 0 Å². The van der Waals surface area contributed by atoms with E-state index >= 15 is 0 Å². The summed E-state index contributed by atoms with van der Waals surface area (Å²) in [6.07, 6.45) is 0. The quantitative estimate of drug-likeness (QED) is 0.822. The smallest absolute Gasteiger partial charge is 0.311 e. The molecule has 0 aromatic carbocycles. The van der Waals surface area contributed by atoms with E-state index in [-0.39, 0.29) is 11.1 Å². The van der Waals surface area contributed by atoms with Crippen LogP contribution in [0.5, 0.6) is 0 Å². The van der Waals surface area contributed by atoms with E-state index in [1.54, 1.807) is 0 Å². The van der Waals surface area contributed by atoms with E-state index in [2.05, 4.69) is 5.10 Å². The van der Waals surface area contributed by atoms with Crippen molar-refractivity contribution in [1.82, 2.24) is 9.78 Å². The minimum Gasteiger partial charge on any atom is -0.390 e. The molecule has 1 heterocycles. The van der Waals surface area contributed by atoms with Crippen LogP contribution in [-0.4, -0.2) is 21.5 Å². The number of halogens is 2. The second kappa shape index (κ2) is 3.56. The lowest BCUT2D eigenvalue weighted by Crippen LogP contribution is -2.22. The number of hydrogen-bond acceptors (Lipinski definition) is 2. The van der Waals surface area contributed by atoms with Crippen LogP contribution in [0.15, 0.2) is 6.07 Å². The lowest BCUT2D eigenvalue weighted by Gasteiger charge is -2.14. The zero-order valence-corrected chi connectivity index (χ0v) is 9.38. The number of nitrogens with zero attached hydrogens (tertiary/aromatic N) is 2. The summed E-state index contributed by atoms with van der Waals surface area (Å²) in [5.41, 5.74) is 0.0599. The average Bonchev–Trinajstić information content (AvgIpc) is 2.47. The van der Waals surface area contributed by atoms with Crippen LogP contribution >= 0.6 is 0 Å². The van der Waals surface area contributed by atoms with Crippen LogP contribution < -0.4 is 0 Å². The van der Waals surface area contributed by atoms with Gasteiger partial charge in [0.2, 0.25) is 0 Å². The minimum absolute atomic E-state index is 0.255. The maximum absolute atomic E-state index is 13.2. The number of hydrogen-bond donors (Lipinski definition) is 1. The lowest BCUT2D eigenvalue weighted by atomic mass is 9.92. The standard InChI is InChI=1S/C10H16F2N2O/c1-9(2,3)7-5-8(14(4)13-7)10(11,12)6-15/h5,15H,6H2,1-4H3. The van der Waals surface area contributed by atoms with E-state index < -0.39 is 12.5 Å². The van der Waals surface area contributed by atoms with Gasteiger partial charge >= 0.3 is 5.92 Å². The zero-order valence-electron chi connectivity index (χ0n) is 9.38. The topological polar surface area (TPSA) is 38.0 Å². The molecule has 5 heteroatoms. The number of aliphatic hydroxyl groups is 1. The van der Waals surface area contributed by atoms with E-state index in [0.717, 1.165) is 4.68 Å². The Morgan fingerprint density at radius 1 is 1.40 bits per heavy atom. The maximum atomic E-state index is 13.2. The maximum Gasteiger partial charge on any atom is 0.311 e. The fourth-order valence-corrected chi connectivity index (χ4v) is 1.26. The van der Waals surface area contributed by atoms with Crippen molar-refractivity contribution < 1.29 is 13.9 Å². The fourth-order valence-electron chi connectivity index (χ4n) is 1.26. The molecule has 0 unspecified atom stereocenters. The summed E-state index contributed by atoms with van der Waals surface area (Å²) in [6.45, 7) is 4.50. The Morgan fingerprint density at radius 3 is 2.27 bits per heavy atom. The Morgan fingerprint density at radius 2 is 1.93 bits per heavy atom. The fraction of sp³-hybridized carbons (Fsp3) is 0.700. The van der Waals surface area contributed by atoms with Gasteiger partial charge in [0.15, 0.2) is 0 Å². The van der Waals surface area contributed by atoms with Gasteiger partial charge in [0.05, 0.1) is 5.69 Å². The summed E-state index contributed by atoms with van der Waals surface area (Å²) >= 11 is 0. The van der Waals surface area contributed by atoms with Gasteiger partial charge in [-0.2, -0.15) is 13.9 Å². The molecule has 0 spiro atoms. The highest BCUT2D eigenvalue weighted by molar-refractivity contribution is 5.20. The molecule has 1 N–H and O–H groups in total. The van der Waals surface area contributed by atoms with E-state index in [0.29, 0.717) is 5.69 Å². The van der Waals surface area contributed by atoms with Gasteiger partial charge in [-0.15, -0.1) is 0 Å². The van der Waals surface area contributed by atoms with Gasteiger partial charge in [-0.3, -0.25) is 4.68 Å². The van der Waals surface area contributed by atoms with Gasteiger partial charge in [0.25, 0.3) is 0 Å². The molecule has 1 aromatic rings. The first-order valence-corrected chi connectivity index (χ1v) is 4.72. The molecule has 0 saturated carbocycles. The summed E-state index contributed by atoms with van der Waals surface area (Å²) in [7, 11) is 1.45. The highest BCUT2D eigenvalue weighted by Gasteiger charge is 2.35. The molecular formula is C10H16F2N2O. The minimum atomic E-state index is -3.23. The number of aryl methyl sites for hydroxylation is 1. The first-order chi connectivity index (χ1) is 6.68. The summed E-state index contributed by atoms with van der Waals surface area (Å²) in [5, 5.41) is 12.6. The molecule has 0 amide bonds. The molecule has 1 aromatic heterocycles. The second-order valence-corrected chi connectivity index (χ2v) is 4.65. The molecule has 0 radical (unpaired) electrons. The molecule has 0 aliphatic rings. The largest absolute Gasteiger partial charge is 0.390 e. The van der Waals surface area contributed by atoms with Crippen molar-refractivity contribution >= 4 is 0 Å². The number of alkyl halides is 2. The normalized spacial score (nSPS) is 13.3. The third-order valence-corrected chi connectivity index (χ3v) is 2.22. The third-order valence-electron chi connectivity index (χ3n) is 2.22. The molecule has 0 aliphatic carbocycles. The Hall–Kier alpha value is -0.970. The van der Waals surface area contributed by atoms with Crippen LogP contribution in [-0.2, 0) is 18.4 Å². The molecule has 0 fully saturated rings. The molecule has 0 bridgehead atoms. The Balaban J connectivity index is 3.18. The predicted octanol–water partition coefficient (Wildman–Crippen LogP) is 1.80. The number of aliphatic hydroxyl groups excluding tert-OH is 1. The molecule has 0 saturated heterocycles. The van der Waals surface area contributed by atoms with Crippen molar-refractivity contribution in [2.75, 3.05) is 6.61 Å². The van der Waals surface area contributed by atoms with E-state index in [4.69, 9.17) is 5.11 Å². The van der Waals surface area contributed by atoms with Crippen molar-refractivity contribution in [2.24, 2.45) is 7.05 Å². The first-order valence-electron chi connectivity index (χ1n) is 4.72. The highest BCUT2D eigenvalue weighted by atomic mass is 19.3. The number of aromatic nitrogens is 2. The van der Waals surface area contributed by atoms with Gasteiger partial charge < -0.3 is 5.11 Å². The SMILES string of the molecule is Cn1nc(C(C)(C)C)cc1C(F)(F)CO. The molecule has 0 atom stereocenters. The van der Waals surface area contributed by atoms with Crippen LogP contribution in [0.2, 0.25) is 0 Å². The Labute approximate surface area is 87.7 Å². The molecule has 1 rings (SSSR count). The van der Waals surface area contributed by atoms with Gasteiger partial charge in [0.1, 0.15) is 12.3 Å². The van der Waals surface area contributed by atoms with E-state index in [1.807, 2.05) is 20.8 Å². The molecule has 3 nitrogen and oxygen atoms in total. The monoisotopic (exact) mass is 218 g/mol. The van der Waals surface area contributed by atoms with Crippen molar-refractivity contribution in [2.45, 2.75) is 32.1 Å². The van der Waals surface area contributed by atoms with Crippen LogP contribution in [0.4, 0.5) is 8.78 Å². The summed E-state index contributed by atoms with van der Waals surface area (Å²) in [6, 6.07) is 1.34. The number of rotatable bonds is 2. The van der Waals surface area contributed by atoms with Gasteiger partial charge in [-0.25, -0.2) is 0 Å². The van der Waals surface area contributed by atoms with Gasteiger partial charge in [-0.1, -0.05) is 20.8 Å². The molecule has 15 heavy (non-hydrogen) atoms. The van der Waals surface area contributed by atoms with Crippen molar-refractivity contribution in [1.29, 1.82) is 0 Å². The highest BCUT2D eigenvalue weighted by Crippen LogP contribution is 2.30. The molecule has 0 aliphatic heterocycles. The van der Waals surface area contributed by atoms with Crippen LogP contribution in [0, 0.1) is 0 Å². The Kier molecular flexibility index (Phi) is 2.87. The van der Waals surface area contributed by atoms with Crippen molar-refractivity contribution in [3.05, 3.63) is 17.5 Å². The first kappa shape index (κ1) is 12.1. The summed E-state index contributed by atoms with van der Waals surface area (Å²) in [5.74, 6) is -3.23. The van der Waals surface area contributed by atoms with Crippen molar-refractivity contribution in [3.63, 3.8) is 0 Å². The molecule has 86 valence electrons. The lowest BCUT2D eigenvalue weighted by molar-refractivity contribution is -0.0620. The van der Waals surface area contributed by atoms with E-state index in [9.17, 15) is 8.78 Å². The predicted molar refractivity (Wildman–Crippen MR) is 52.9 cm³/mol. The van der Waals surface area contributed by atoms with Gasteiger partial charge in [-0.05, 0) is 6.07 Å². The van der Waals surface area contributed by atoms with E-state index in [1.165, 1.54) is 13.1 Å². The second-order valence-electron chi connectivity index (χ2n) is 4.65. The third kappa shape index (κ3) is 2.34. The average molecular weight is 218 g/mol. The van der Waals surface area contributed by atoms with Crippen LogP contribution in [0.3, 0.4) is 0 Å². The Bertz CT molecular complexity index is 353. The summed E-state index contributed by atoms with van der Waals surface area (Å²) in [4.78, 5) is 0.